The van der Waals surface area contributed by atoms with Crippen molar-refractivity contribution in [1.29, 1.82) is 0 Å². The predicted molar refractivity (Wildman–Crippen MR) is 92.3 cm³/mol. The molecule has 1 aliphatic rings. The summed E-state index contributed by atoms with van der Waals surface area (Å²) in [6, 6.07) is 15.7. The maximum Gasteiger partial charge on any atom is 0.252 e. The van der Waals surface area contributed by atoms with E-state index in [1.54, 1.807) is 6.07 Å². The van der Waals surface area contributed by atoms with Gasteiger partial charge in [0, 0.05) is 11.3 Å². The van der Waals surface area contributed by atoms with E-state index in [0.717, 1.165) is 24.8 Å². The Morgan fingerprint density at radius 3 is 2.41 bits per heavy atom. The third-order valence-corrected chi connectivity index (χ3v) is 4.39. The van der Waals surface area contributed by atoms with Crippen LogP contribution in [-0.4, -0.2) is 5.91 Å². The number of nitrogens with two attached hydrogens (primary N) is 1. The van der Waals surface area contributed by atoms with Crippen LogP contribution in [0.2, 0.25) is 0 Å². The van der Waals surface area contributed by atoms with Gasteiger partial charge in [0.15, 0.2) is 0 Å². The summed E-state index contributed by atoms with van der Waals surface area (Å²) in [7, 11) is 0. The number of carbonyl (C=O) groups is 1. The Bertz CT molecular complexity index is 666. The molecule has 0 bridgehead atoms. The quantitative estimate of drug-likeness (QED) is 0.846. The molecular weight excluding hydrogens is 296 g/mol. The molecule has 22 heavy (non-hydrogen) atoms. The van der Waals surface area contributed by atoms with E-state index < -0.39 is 0 Å². The van der Waals surface area contributed by atoms with Crippen LogP contribution in [0.25, 0.3) is 0 Å². The minimum absolute atomic E-state index is 0. The first kappa shape index (κ1) is 16.4. The van der Waals surface area contributed by atoms with Crippen LogP contribution >= 0.6 is 12.4 Å². The summed E-state index contributed by atoms with van der Waals surface area (Å²) < 4.78 is 0. The van der Waals surface area contributed by atoms with Gasteiger partial charge in [0.05, 0.1) is 5.54 Å². The number of anilines is 1. The zero-order chi connectivity index (χ0) is 14.9. The number of hydrogen-bond donors (Lipinski definition) is 2. The molecule has 1 saturated carbocycles. The van der Waals surface area contributed by atoms with Gasteiger partial charge in [-0.15, -0.1) is 12.4 Å². The summed E-state index contributed by atoms with van der Waals surface area (Å²) in [5.41, 5.74) is 9.01. The average molecular weight is 317 g/mol. The van der Waals surface area contributed by atoms with Crippen LogP contribution in [0.4, 0.5) is 5.69 Å². The summed E-state index contributed by atoms with van der Waals surface area (Å²) in [6.07, 6.45) is 3.12. The number of hydrogen-bond acceptors (Lipinski definition) is 2. The maximum atomic E-state index is 12.6. The number of benzene rings is 2. The van der Waals surface area contributed by atoms with Gasteiger partial charge >= 0.3 is 0 Å². The summed E-state index contributed by atoms with van der Waals surface area (Å²) in [5.74, 6) is -0.0386. The lowest BCUT2D eigenvalue weighted by atomic mass is 9.71. The van der Waals surface area contributed by atoms with Gasteiger partial charge in [-0.25, -0.2) is 0 Å². The van der Waals surface area contributed by atoms with Crippen molar-refractivity contribution in [3.05, 3.63) is 65.2 Å². The highest BCUT2D eigenvalue weighted by molar-refractivity contribution is 5.97. The summed E-state index contributed by atoms with van der Waals surface area (Å²) in [4.78, 5) is 12.6. The smallest absolute Gasteiger partial charge is 0.252 e. The highest BCUT2D eigenvalue weighted by Gasteiger charge is 2.40. The van der Waals surface area contributed by atoms with Crippen LogP contribution in [-0.2, 0) is 5.54 Å². The second-order valence-electron chi connectivity index (χ2n) is 5.83. The van der Waals surface area contributed by atoms with Crippen molar-refractivity contribution in [2.24, 2.45) is 0 Å². The summed E-state index contributed by atoms with van der Waals surface area (Å²) in [5, 5.41) is 3.24. The van der Waals surface area contributed by atoms with E-state index in [4.69, 9.17) is 5.73 Å². The monoisotopic (exact) mass is 316 g/mol. The highest BCUT2D eigenvalue weighted by atomic mass is 35.5. The first-order valence-electron chi connectivity index (χ1n) is 7.35. The van der Waals surface area contributed by atoms with Gasteiger partial charge in [0.1, 0.15) is 0 Å². The molecule has 2 aromatic rings. The van der Waals surface area contributed by atoms with Crippen molar-refractivity contribution in [3.8, 4) is 0 Å². The molecule has 0 radical (unpaired) electrons. The molecule has 116 valence electrons. The van der Waals surface area contributed by atoms with E-state index >= 15 is 0 Å². The van der Waals surface area contributed by atoms with Crippen molar-refractivity contribution >= 4 is 24.0 Å². The van der Waals surface area contributed by atoms with E-state index in [9.17, 15) is 4.79 Å². The highest BCUT2D eigenvalue weighted by Crippen LogP contribution is 2.41. The molecule has 4 heteroatoms. The van der Waals surface area contributed by atoms with Crippen LogP contribution in [0.3, 0.4) is 0 Å². The fourth-order valence-electron chi connectivity index (χ4n) is 2.94. The second kappa shape index (κ2) is 6.41. The zero-order valence-corrected chi connectivity index (χ0v) is 13.5. The van der Waals surface area contributed by atoms with Crippen LogP contribution in [0, 0.1) is 6.92 Å². The first-order chi connectivity index (χ1) is 10.1. The van der Waals surface area contributed by atoms with E-state index in [1.807, 2.05) is 37.3 Å². The number of rotatable bonds is 3. The Morgan fingerprint density at radius 1 is 1.14 bits per heavy atom. The van der Waals surface area contributed by atoms with Gasteiger partial charge < -0.3 is 11.1 Å². The van der Waals surface area contributed by atoms with E-state index in [1.165, 1.54) is 5.56 Å². The number of carbonyl (C=O) groups excluding carboxylic acids is 1. The topological polar surface area (TPSA) is 55.1 Å². The Balaban J connectivity index is 0.00000176. The van der Waals surface area contributed by atoms with Crippen LogP contribution in [0.15, 0.2) is 48.5 Å². The van der Waals surface area contributed by atoms with Gasteiger partial charge in [-0.1, -0.05) is 36.4 Å². The molecule has 0 unspecified atom stereocenters. The second-order valence-corrected chi connectivity index (χ2v) is 5.83. The lowest BCUT2D eigenvalue weighted by Crippen LogP contribution is -2.50. The molecule has 0 heterocycles. The molecule has 1 aliphatic carbocycles. The molecule has 0 spiro atoms. The van der Waals surface area contributed by atoms with E-state index in [2.05, 4.69) is 17.4 Å². The van der Waals surface area contributed by atoms with E-state index in [-0.39, 0.29) is 23.9 Å². The number of nitrogens with one attached hydrogen (secondary N) is 1. The van der Waals surface area contributed by atoms with Crippen LogP contribution in [0.1, 0.15) is 40.7 Å². The molecule has 2 aromatic carbocycles. The van der Waals surface area contributed by atoms with Crippen LogP contribution < -0.4 is 11.1 Å². The molecule has 3 nitrogen and oxygen atoms in total. The Kier molecular flexibility index (Phi) is 4.77. The predicted octanol–water partition coefficient (Wildman–Crippen LogP) is 3.81. The molecule has 3 rings (SSSR count). The van der Waals surface area contributed by atoms with Crippen molar-refractivity contribution in [2.45, 2.75) is 31.7 Å². The van der Waals surface area contributed by atoms with Crippen molar-refractivity contribution in [1.82, 2.24) is 5.32 Å². The fraction of sp³-hybridized carbons (Fsp3) is 0.278. The average Bonchev–Trinajstić information content (AvgIpc) is 2.46. The van der Waals surface area contributed by atoms with Gasteiger partial charge in [-0.3, -0.25) is 4.79 Å². The van der Waals surface area contributed by atoms with Crippen molar-refractivity contribution in [2.75, 3.05) is 5.73 Å². The van der Waals surface area contributed by atoms with E-state index in [0.29, 0.717) is 11.3 Å². The SMILES string of the molecule is Cc1ccc(N)cc1C(=O)NC1(c2ccccc2)CCC1.Cl. The zero-order valence-electron chi connectivity index (χ0n) is 12.6. The standard InChI is InChI=1S/C18H20N2O.ClH/c1-13-8-9-15(19)12-16(13)17(21)20-18(10-5-11-18)14-6-3-2-4-7-14;/h2-4,6-9,12H,5,10-11,19H2,1H3,(H,20,21);1H. The number of nitrogen functional groups attached to an aromatic ring is 1. The minimum atomic E-state index is -0.213. The molecule has 1 amide bonds. The van der Waals surface area contributed by atoms with Gasteiger partial charge in [0.25, 0.3) is 5.91 Å². The molecule has 0 aromatic heterocycles. The molecule has 0 aliphatic heterocycles. The third-order valence-electron chi connectivity index (χ3n) is 4.39. The van der Waals surface area contributed by atoms with Gasteiger partial charge in [0.2, 0.25) is 0 Å². The molecule has 0 saturated heterocycles. The minimum Gasteiger partial charge on any atom is -0.399 e. The lowest BCUT2D eigenvalue weighted by molar-refractivity contribution is 0.0822. The Morgan fingerprint density at radius 2 is 1.82 bits per heavy atom. The number of amides is 1. The largest absolute Gasteiger partial charge is 0.399 e. The Labute approximate surface area is 137 Å². The lowest BCUT2D eigenvalue weighted by Gasteiger charge is -2.43. The first-order valence-corrected chi connectivity index (χ1v) is 7.35. The van der Waals surface area contributed by atoms with Gasteiger partial charge in [-0.2, -0.15) is 0 Å². The maximum absolute atomic E-state index is 12.6. The normalized spacial score (nSPS) is 15.3. The number of aryl methyl sites for hydroxylation is 1. The molecule has 3 N–H and O–H groups in total. The Hall–Kier alpha value is -2.00. The molecule has 1 fully saturated rings. The fourth-order valence-corrected chi connectivity index (χ4v) is 2.94. The van der Waals surface area contributed by atoms with Gasteiger partial charge in [-0.05, 0) is 49.4 Å². The molecule has 0 atom stereocenters. The van der Waals surface area contributed by atoms with Crippen molar-refractivity contribution in [3.63, 3.8) is 0 Å². The van der Waals surface area contributed by atoms with Crippen molar-refractivity contribution < 1.29 is 4.79 Å². The van der Waals surface area contributed by atoms with Crippen LogP contribution in [0.5, 0.6) is 0 Å². The summed E-state index contributed by atoms with van der Waals surface area (Å²) in [6.45, 7) is 1.93. The summed E-state index contributed by atoms with van der Waals surface area (Å²) >= 11 is 0. The third kappa shape index (κ3) is 2.95. The number of halogens is 1. The molecular formula is C18H21ClN2O.